The molecular formula is C13H10ClNO4S. The van der Waals surface area contributed by atoms with Crippen molar-refractivity contribution in [2.24, 2.45) is 0 Å². The van der Waals surface area contributed by atoms with E-state index in [1.54, 1.807) is 17.5 Å². The molecule has 0 atom stereocenters. The van der Waals surface area contributed by atoms with Crippen molar-refractivity contribution in [2.45, 2.75) is 0 Å². The third kappa shape index (κ3) is 2.92. The number of aromatic carboxylic acids is 1. The molecule has 0 spiro atoms. The largest absolute Gasteiger partial charge is 0.493 e. The van der Waals surface area contributed by atoms with Crippen molar-refractivity contribution in [3.05, 3.63) is 45.1 Å². The van der Waals surface area contributed by atoms with E-state index < -0.39 is 5.97 Å². The average Bonchev–Trinajstić information content (AvgIpc) is 2.92. The van der Waals surface area contributed by atoms with Gasteiger partial charge in [0.05, 0.1) is 28.3 Å². The van der Waals surface area contributed by atoms with Gasteiger partial charge in [0, 0.05) is 0 Å². The van der Waals surface area contributed by atoms with E-state index in [-0.39, 0.29) is 27.9 Å². The lowest BCUT2D eigenvalue weighted by Crippen LogP contribution is -2.12. The Morgan fingerprint density at radius 3 is 2.70 bits per heavy atom. The number of anilines is 1. The zero-order chi connectivity index (χ0) is 14.7. The third-order valence-electron chi connectivity index (χ3n) is 2.49. The number of benzene rings is 1. The van der Waals surface area contributed by atoms with Gasteiger partial charge in [-0.3, -0.25) is 4.79 Å². The highest BCUT2D eigenvalue weighted by Crippen LogP contribution is 2.34. The lowest BCUT2D eigenvalue weighted by atomic mass is 10.2. The van der Waals surface area contributed by atoms with E-state index >= 15 is 0 Å². The maximum atomic E-state index is 12.0. The van der Waals surface area contributed by atoms with E-state index in [4.69, 9.17) is 21.4 Å². The van der Waals surface area contributed by atoms with Crippen LogP contribution in [0, 0.1) is 0 Å². The second-order valence-electron chi connectivity index (χ2n) is 3.78. The fraction of sp³-hybridized carbons (Fsp3) is 0.0769. The summed E-state index contributed by atoms with van der Waals surface area (Å²) in [5.74, 6) is -1.26. The van der Waals surface area contributed by atoms with Crippen molar-refractivity contribution < 1.29 is 19.4 Å². The number of hydrogen-bond donors (Lipinski definition) is 2. The van der Waals surface area contributed by atoms with Gasteiger partial charge in [-0.25, -0.2) is 4.79 Å². The highest BCUT2D eigenvalue weighted by atomic mass is 35.5. The Morgan fingerprint density at radius 1 is 1.40 bits per heavy atom. The number of halogens is 1. The minimum Gasteiger partial charge on any atom is -0.493 e. The number of hydrogen-bond acceptors (Lipinski definition) is 4. The van der Waals surface area contributed by atoms with Crippen LogP contribution in [0.4, 0.5) is 5.69 Å². The van der Waals surface area contributed by atoms with Crippen molar-refractivity contribution in [1.29, 1.82) is 0 Å². The lowest BCUT2D eigenvalue weighted by Gasteiger charge is -2.12. The van der Waals surface area contributed by atoms with Gasteiger partial charge < -0.3 is 15.2 Å². The van der Waals surface area contributed by atoms with Crippen molar-refractivity contribution in [3.8, 4) is 5.75 Å². The molecule has 2 N–H and O–H groups in total. The maximum absolute atomic E-state index is 12.0. The summed E-state index contributed by atoms with van der Waals surface area (Å²) in [6.45, 7) is 0. The number of amides is 1. The second kappa shape index (κ2) is 5.94. The standard InChI is InChI=1S/C13H10ClNO4S/c1-19-11-8(14)5-7(13(17)18)6-9(11)15-12(16)10-3-2-4-20-10/h2-6H,1H3,(H,15,16)(H,17,18). The molecule has 1 heterocycles. The number of carbonyl (C=O) groups excluding carboxylic acids is 1. The van der Waals surface area contributed by atoms with Gasteiger partial charge in [-0.05, 0) is 23.6 Å². The van der Waals surface area contributed by atoms with Crippen LogP contribution >= 0.6 is 22.9 Å². The molecule has 7 heteroatoms. The van der Waals surface area contributed by atoms with Crippen LogP contribution in [-0.4, -0.2) is 24.1 Å². The van der Waals surface area contributed by atoms with Crippen LogP contribution in [0.3, 0.4) is 0 Å². The van der Waals surface area contributed by atoms with Gasteiger partial charge >= 0.3 is 5.97 Å². The van der Waals surface area contributed by atoms with Gasteiger partial charge in [-0.15, -0.1) is 11.3 Å². The zero-order valence-corrected chi connectivity index (χ0v) is 11.9. The van der Waals surface area contributed by atoms with Gasteiger partial charge in [0.1, 0.15) is 0 Å². The van der Waals surface area contributed by atoms with E-state index in [1.165, 1.54) is 30.6 Å². The number of rotatable bonds is 4. The molecule has 0 fully saturated rings. The second-order valence-corrected chi connectivity index (χ2v) is 5.13. The first-order valence-electron chi connectivity index (χ1n) is 5.48. The van der Waals surface area contributed by atoms with Gasteiger partial charge in [0.15, 0.2) is 5.75 Å². The van der Waals surface area contributed by atoms with E-state index in [2.05, 4.69) is 5.32 Å². The number of nitrogens with one attached hydrogen (secondary N) is 1. The monoisotopic (exact) mass is 311 g/mol. The van der Waals surface area contributed by atoms with Crippen LogP contribution < -0.4 is 10.1 Å². The number of methoxy groups -OCH3 is 1. The van der Waals surface area contributed by atoms with Crippen LogP contribution in [0.1, 0.15) is 20.0 Å². The Balaban J connectivity index is 2.39. The summed E-state index contributed by atoms with van der Waals surface area (Å²) in [6.07, 6.45) is 0. The molecule has 104 valence electrons. The topological polar surface area (TPSA) is 75.6 Å². The minimum absolute atomic E-state index is 0.0303. The molecule has 0 aliphatic rings. The highest BCUT2D eigenvalue weighted by Gasteiger charge is 2.16. The molecule has 1 aromatic carbocycles. The van der Waals surface area contributed by atoms with Crippen molar-refractivity contribution in [3.63, 3.8) is 0 Å². The lowest BCUT2D eigenvalue weighted by molar-refractivity contribution is 0.0696. The van der Waals surface area contributed by atoms with Crippen molar-refractivity contribution in [1.82, 2.24) is 0 Å². The molecule has 0 saturated carbocycles. The highest BCUT2D eigenvalue weighted by molar-refractivity contribution is 7.12. The molecule has 2 rings (SSSR count). The van der Waals surface area contributed by atoms with Crippen LogP contribution in [0.15, 0.2) is 29.6 Å². The van der Waals surface area contributed by atoms with Gasteiger partial charge in [-0.1, -0.05) is 17.7 Å². The summed E-state index contributed by atoms with van der Waals surface area (Å²) in [6, 6.07) is 5.98. The molecule has 0 radical (unpaired) electrons. The van der Waals surface area contributed by atoms with Crippen LogP contribution in [0.2, 0.25) is 5.02 Å². The zero-order valence-electron chi connectivity index (χ0n) is 10.3. The van der Waals surface area contributed by atoms with Gasteiger partial charge in [-0.2, -0.15) is 0 Å². The Labute approximate surface area is 123 Å². The molecule has 0 aliphatic heterocycles. The molecule has 1 amide bonds. The van der Waals surface area contributed by atoms with E-state index in [9.17, 15) is 9.59 Å². The third-order valence-corrected chi connectivity index (χ3v) is 3.64. The first-order valence-corrected chi connectivity index (χ1v) is 6.74. The van der Waals surface area contributed by atoms with Crippen LogP contribution in [0.5, 0.6) is 5.75 Å². The molecule has 5 nitrogen and oxygen atoms in total. The number of carbonyl (C=O) groups is 2. The van der Waals surface area contributed by atoms with Crippen molar-refractivity contribution in [2.75, 3.05) is 12.4 Å². The summed E-state index contributed by atoms with van der Waals surface area (Å²) in [4.78, 5) is 23.5. The summed E-state index contributed by atoms with van der Waals surface area (Å²) < 4.78 is 5.09. The number of thiophene rings is 1. The predicted octanol–water partition coefficient (Wildman–Crippen LogP) is 3.36. The molecule has 0 bridgehead atoms. The summed E-state index contributed by atoms with van der Waals surface area (Å²) >= 11 is 7.23. The first kappa shape index (κ1) is 14.4. The predicted molar refractivity (Wildman–Crippen MR) is 77.2 cm³/mol. The fourth-order valence-electron chi connectivity index (χ4n) is 1.61. The SMILES string of the molecule is COc1c(Cl)cc(C(=O)O)cc1NC(=O)c1cccs1. The van der Waals surface area contributed by atoms with E-state index in [0.717, 1.165) is 0 Å². The Morgan fingerprint density at radius 2 is 2.15 bits per heavy atom. The normalized spacial score (nSPS) is 10.1. The van der Waals surface area contributed by atoms with Gasteiger partial charge in [0.2, 0.25) is 0 Å². The molecular weight excluding hydrogens is 302 g/mol. The Kier molecular flexibility index (Phi) is 4.26. The molecule has 1 aromatic heterocycles. The molecule has 0 saturated heterocycles. The van der Waals surface area contributed by atoms with E-state index in [0.29, 0.717) is 4.88 Å². The Hall–Kier alpha value is -2.05. The number of ether oxygens (including phenoxy) is 1. The van der Waals surface area contributed by atoms with Crippen molar-refractivity contribution >= 4 is 40.5 Å². The van der Waals surface area contributed by atoms with E-state index in [1.807, 2.05) is 0 Å². The average molecular weight is 312 g/mol. The molecule has 2 aromatic rings. The Bertz CT molecular complexity index is 655. The molecule has 0 unspecified atom stereocenters. The summed E-state index contributed by atoms with van der Waals surface area (Å²) in [7, 11) is 1.39. The maximum Gasteiger partial charge on any atom is 0.335 e. The number of carboxylic acid groups (broad SMARTS) is 1. The molecule has 20 heavy (non-hydrogen) atoms. The summed E-state index contributed by atoms with van der Waals surface area (Å²) in [5, 5.41) is 13.5. The van der Waals surface area contributed by atoms with Crippen LogP contribution in [0.25, 0.3) is 0 Å². The minimum atomic E-state index is -1.14. The summed E-state index contributed by atoms with van der Waals surface area (Å²) in [5.41, 5.74) is 0.188. The first-order chi connectivity index (χ1) is 9.52. The number of carboxylic acids is 1. The smallest absolute Gasteiger partial charge is 0.335 e. The molecule has 0 aliphatic carbocycles. The van der Waals surface area contributed by atoms with Crippen LogP contribution in [-0.2, 0) is 0 Å². The van der Waals surface area contributed by atoms with Gasteiger partial charge in [0.25, 0.3) is 5.91 Å². The fourth-order valence-corrected chi connectivity index (χ4v) is 2.52. The quantitative estimate of drug-likeness (QED) is 0.907.